The molecule has 0 saturated carbocycles. The molecule has 2 heterocycles. The van der Waals surface area contributed by atoms with E-state index < -0.39 is 0 Å². The lowest BCUT2D eigenvalue weighted by atomic mass is 10.2. The van der Waals surface area contributed by atoms with Crippen LogP contribution < -0.4 is 11.1 Å². The van der Waals surface area contributed by atoms with Crippen LogP contribution in [0.15, 0.2) is 0 Å². The van der Waals surface area contributed by atoms with Crippen LogP contribution in [0.5, 0.6) is 0 Å². The summed E-state index contributed by atoms with van der Waals surface area (Å²) in [4.78, 5) is 5.20. The molecule has 1 unspecified atom stereocenters. The van der Waals surface area contributed by atoms with Gasteiger partial charge in [-0.3, -0.25) is 0 Å². The van der Waals surface area contributed by atoms with Gasteiger partial charge in [-0.25, -0.2) is 0 Å². The van der Waals surface area contributed by atoms with E-state index in [1.165, 1.54) is 84.3 Å². The average molecular weight is 268 g/mol. The largest absolute Gasteiger partial charge is 0.330 e. The molecule has 19 heavy (non-hydrogen) atoms. The minimum atomic E-state index is 0.733. The molecule has 0 aliphatic carbocycles. The number of nitrogens with two attached hydrogens (primary N) is 1. The summed E-state index contributed by atoms with van der Waals surface area (Å²) >= 11 is 0. The number of nitrogens with zero attached hydrogens (tertiary/aromatic N) is 2. The van der Waals surface area contributed by atoms with Gasteiger partial charge in [-0.1, -0.05) is 0 Å². The van der Waals surface area contributed by atoms with E-state index in [9.17, 15) is 0 Å². The van der Waals surface area contributed by atoms with Gasteiger partial charge in [0.1, 0.15) is 0 Å². The quantitative estimate of drug-likeness (QED) is 0.609. The van der Waals surface area contributed by atoms with E-state index in [0.717, 1.165) is 12.6 Å². The second-order valence-electron chi connectivity index (χ2n) is 6.14. The fraction of sp³-hybridized carbons (Fsp3) is 1.00. The van der Waals surface area contributed by atoms with E-state index in [4.69, 9.17) is 5.73 Å². The monoisotopic (exact) mass is 268 g/mol. The lowest BCUT2D eigenvalue weighted by molar-refractivity contribution is 0.312. The van der Waals surface area contributed by atoms with Crippen LogP contribution in [-0.4, -0.2) is 68.2 Å². The molecule has 2 aliphatic heterocycles. The Morgan fingerprint density at radius 3 is 2.53 bits per heavy atom. The number of rotatable bonds is 9. The normalized spacial score (nSPS) is 25.4. The van der Waals surface area contributed by atoms with Gasteiger partial charge >= 0.3 is 0 Å². The minimum absolute atomic E-state index is 0.733. The molecule has 4 nitrogen and oxygen atoms in total. The van der Waals surface area contributed by atoms with Gasteiger partial charge in [0.15, 0.2) is 0 Å². The first-order valence-corrected chi connectivity index (χ1v) is 8.26. The summed E-state index contributed by atoms with van der Waals surface area (Å²) in [5, 5.41) is 3.73. The number of hydrogen-bond acceptors (Lipinski definition) is 4. The summed E-state index contributed by atoms with van der Waals surface area (Å²) in [7, 11) is 0. The van der Waals surface area contributed by atoms with Crippen LogP contribution in [0, 0.1) is 0 Å². The Bertz CT molecular complexity index is 228. The molecule has 0 radical (unpaired) electrons. The topological polar surface area (TPSA) is 44.5 Å². The molecule has 0 aromatic heterocycles. The van der Waals surface area contributed by atoms with Crippen LogP contribution in [-0.2, 0) is 0 Å². The van der Waals surface area contributed by atoms with Crippen molar-refractivity contribution in [2.24, 2.45) is 5.73 Å². The molecule has 0 spiro atoms. The number of hydrogen-bond donors (Lipinski definition) is 2. The minimum Gasteiger partial charge on any atom is -0.330 e. The Balaban J connectivity index is 1.45. The van der Waals surface area contributed by atoms with Gasteiger partial charge in [-0.15, -0.1) is 0 Å². The van der Waals surface area contributed by atoms with Gasteiger partial charge < -0.3 is 20.9 Å². The number of unbranched alkanes of at least 4 members (excludes halogenated alkanes) is 1. The third kappa shape index (κ3) is 5.78. The van der Waals surface area contributed by atoms with Gasteiger partial charge in [0.05, 0.1) is 0 Å². The Morgan fingerprint density at radius 2 is 1.74 bits per heavy atom. The highest BCUT2D eigenvalue weighted by Gasteiger charge is 2.21. The molecular formula is C15H32N4. The second-order valence-corrected chi connectivity index (χ2v) is 6.14. The molecule has 0 bridgehead atoms. The summed E-state index contributed by atoms with van der Waals surface area (Å²) in [6.07, 6.45) is 7.89. The SMILES string of the molecule is NCCCCN1CCC(NCCCN2CCCC2)C1. The van der Waals surface area contributed by atoms with Gasteiger partial charge in [0, 0.05) is 12.6 Å². The summed E-state index contributed by atoms with van der Waals surface area (Å²) in [5.41, 5.74) is 5.54. The molecule has 1 atom stereocenters. The first-order chi connectivity index (χ1) is 9.38. The van der Waals surface area contributed by atoms with Crippen LogP contribution in [0.4, 0.5) is 0 Å². The Kier molecular flexibility index (Phi) is 7.14. The molecule has 0 amide bonds. The zero-order valence-corrected chi connectivity index (χ0v) is 12.4. The molecule has 3 N–H and O–H groups in total. The highest BCUT2D eigenvalue weighted by atomic mass is 15.2. The Labute approximate surface area is 118 Å². The molecule has 2 rings (SSSR count). The van der Waals surface area contributed by atoms with Crippen molar-refractivity contribution >= 4 is 0 Å². The second kappa shape index (κ2) is 8.90. The standard InChI is InChI=1S/C15H32N4/c16-7-1-2-11-19-13-6-15(14-19)17-8-5-12-18-9-3-4-10-18/h15,17H,1-14,16H2. The third-order valence-electron chi connectivity index (χ3n) is 4.48. The Morgan fingerprint density at radius 1 is 0.947 bits per heavy atom. The van der Waals surface area contributed by atoms with Gasteiger partial charge in [0.2, 0.25) is 0 Å². The van der Waals surface area contributed by atoms with E-state index in [1.807, 2.05) is 0 Å². The fourth-order valence-electron chi connectivity index (χ4n) is 3.30. The summed E-state index contributed by atoms with van der Waals surface area (Å²) < 4.78 is 0. The zero-order valence-electron chi connectivity index (χ0n) is 12.4. The first-order valence-electron chi connectivity index (χ1n) is 8.26. The van der Waals surface area contributed by atoms with Crippen LogP contribution in [0.25, 0.3) is 0 Å². The lowest BCUT2D eigenvalue weighted by Crippen LogP contribution is -2.34. The van der Waals surface area contributed by atoms with Crippen LogP contribution >= 0.6 is 0 Å². The summed E-state index contributed by atoms with van der Waals surface area (Å²) in [6.45, 7) is 9.74. The predicted molar refractivity (Wildman–Crippen MR) is 81.4 cm³/mol. The van der Waals surface area contributed by atoms with Crippen molar-refractivity contribution in [1.29, 1.82) is 0 Å². The van der Waals surface area contributed by atoms with Gasteiger partial charge in [-0.05, 0) is 84.3 Å². The maximum absolute atomic E-state index is 5.54. The molecule has 112 valence electrons. The maximum atomic E-state index is 5.54. The summed E-state index contributed by atoms with van der Waals surface area (Å²) in [5.74, 6) is 0. The lowest BCUT2D eigenvalue weighted by Gasteiger charge is -2.18. The van der Waals surface area contributed by atoms with E-state index in [-0.39, 0.29) is 0 Å². The number of likely N-dealkylation sites (tertiary alicyclic amines) is 2. The van der Waals surface area contributed by atoms with Crippen molar-refractivity contribution in [3.05, 3.63) is 0 Å². The van der Waals surface area contributed by atoms with E-state index >= 15 is 0 Å². The number of nitrogens with one attached hydrogen (secondary N) is 1. The van der Waals surface area contributed by atoms with Crippen molar-refractivity contribution < 1.29 is 0 Å². The van der Waals surface area contributed by atoms with Crippen molar-refractivity contribution in [2.75, 3.05) is 52.4 Å². The first kappa shape index (κ1) is 15.2. The molecule has 4 heteroatoms. The van der Waals surface area contributed by atoms with Crippen molar-refractivity contribution in [3.8, 4) is 0 Å². The Hall–Kier alpha value is -0.160. The molecule has 2 saturated heterocycles. The van der Waals surface area contributed by atoms with E-state index in [1.54, 1.807) is 0 Å². The maximum Gasteiger partial charge on any atom is 0.0207 e. The van der Waals surface area contributed by atoms with E-state index in [0.29, 0.717) is 0 Å². The highest BCUT2D eigenvalue weighted by Crippen LogP contribution is 2.10. The molecular weight excluding hydrogens is 236 g/mol. The van der Waals surface area contributed by atoms with Crippen LogP contribution in [0.1, 0.15) is 38.5 Å². The summed E-state index contributed by atoms with van der Waals surface area (Å²) in [6, 6.07) is 0.733. The smallest absolute Gasteiger partial charge is 0.0207 e. The third-order valence-corrected chi connectivity index (χ3v) is 4.48. The van der Waals surface area contributed by atoms with Crippen molar-refractivity contribution in [1.82, 2.24) is 15.1 Å². The fourth-order valence-corrected chi connectivity index (χ4v) is 3.30. The predicted octanol–water partition coefficient (Wildman–Crippen LogP) is 0.875. The molecule has 2 fully saturated rings. The van der Waals surface area contributed by atoms with Gasteiger partial charge in [-0.2, -0.15) is 0 Å². The van der Waals surface area contributed by atoms with E-state index in [2.05, 4.69) is 15.1 Å². The van der Waals surface area contributed by atoms with Crippen LogP contribution in [0.2, 0.25) is 0 Å². The zero-order chi connectivity index (χ0) is 13.3. The van der Waals surface area contributed by atoms with Crippen molar-refractivity contribution in [2.45, 2.75) is 44.6 Å². The molecule has 0 aromatic rings. The average Bonchev–Trinajstić information content (AvgIpc) is 3.06. The van der Waals surface area contributed by atoms with Crippen molar-refractivity contribution in [3.63, 3.8) is 0 Å². The van der Waals surface area contributed by atoms with Gasteiger partial charge in [0.25, 0.3) is 0 Å². The van der Waals surface area contributed by atoms with Crippen LogP contribution in [0.3, 0.4) is 0 Å². The molecule has 0 aromatic carbocycles. The molecule has 2 aliphatic rings. The highest BCUT2D eigenvalue weighted by molar-refractivity contribution is 4.81.